The topological polar surface area (TPSA) is 0 Å². The summed E-state index contributed by atoms with van der Waals surface area (Å²) in [4.78, 5) is 0. The summed E-state index contributed by atoms with van der Waals surface area (Å²) in [5.41, 5.74) is 2.27. The minimum absolute atomic E-state index is 0.0665. The van der Waals surface area contributed by atoms with Crippen LogP contribution in [0.15, 0.2) is 40.9 Å². The number of alkyl halides is 3. The molecule has 0 aliphatic carbocycles. The van der Waals surface area contributed by atoms with Gasteiger partial charge in [-0.25, -0.2) is 0 Å². The molecular weight excluding hydrogens is 424 g/mol. The summed E-state index contributed by atoms with van der Waals surface area (Å²) in [6.45, 7) is 3.54. The van der Waals surface area contributed by atoms with Crippen molar-refractivity contribution in [2.45, 2.75) is 25.9 Å². The molecule has 0 bridgehead atoms. The molecule has 0 N–H and O–H groups in total. The Morgan fingerprint density at radius 3 is 2.25 bits per heavy atom. The van der Waals surface area contributed by atoms with Gasteiger partial charge < -0.3 is 0 Å². The minimum Gasteiger partial charge on any atom is -0.170 e. The zero-order valence-corrected chi connectivity index (χ0v) is 16.0. The second-order valence-electron chi connectivity index (χ2n) is 5.52. The van der Waals surface area contributed by atoms with Crippen LogP contribution in [-0.4, -0.2) is 6.18 Å². The summed E-state index contributed by atoms with van der Waals surface area (Å²) < 4.78 is 41.3. The van der Waals surface area contributed by atoms with Crippen LogP contribution in [0.4, 0.5) is 13.2 Å². The van der Waals surface area contributed by atoms with Gasteiger partial charge in [-0.15, -0.1) is 0 Å². The van der Waals surface area contributed by atoms with Crippen LogP contribution < -0.4 is 0 Å². The molecule has 128 valence electrons. The van der Waals surface area contributed by atoms with Crippen molar-refractivity contribution in [3.63, 3.8) is 0 Å². The van der Waals surface area contributed by atoms with Gasteiger partial charge in [0.1, 0.15) is 0 Å². The molecule has 2 aromatic rings. The van der Waals surface area contributed by atoms with E-state index in [1.807, 2.05) is 13.0 Å². The summed E-state index contributed by atoms with van der Waals surface area (Å²) >= 11 is 15.3. The number of allylic oxidation sites excluding steroid dienone is 1. The van der Waals surface area contributed by atoms with E-state index < -0.39 is 12.1 Å². The zero-order valence-electron chi connectivity index (χ0n) is 12.9. The molecule has 1 atom stereocenters. The van der Waals surface area contributed by atoms with Crippen LogP contribution >= 0.6 is 39.1 Å². The molecule has 0 radical (unpaired) electrons. The van der Waals surface area contributed by atoms with Crippen molar-refractivity contribution in [2.75, 3.05) is 0 Å². The lowest BCUT2D eigenvalue weighted by atomic mass is 9.95. The van der Waals surface area contributed by atoms with Crippen LogP contribution in [0, 0.1) is 13.8 Å². The number of hydrogen-bond donors (Lipinski definition) is 0. The van der Waals surface area contributed by atoms with Gasteiger partial charge >= 0.3 is 6.18 Å². The van der Waals surface area contributed by atoms with Crippen molar-refractivity contribution in [3.05, 3.63) is 73.2 Å². The van der Waals surface area contributed by atoms with Crippen molar-refractivity contribution in [3.8, 4) is 0 Å². The van der Waals surface area contributed by atoms with Crippen LogP contribution in [0.2, 0.25) is 10.0 Å². The van der Waals surface area contributed by atoms with Crippen molar-refractivity contribution in [1.82, 2.24) is 0 Å². The lowest BCUT2D eigenvalue weighted by Crippen LogP contribution is -2.19. The number of halogens is 6. The lowest BCUT2D eigenvalue weighted by molar-refractivity contribution is -0.139. The number of hydrogen-bond acceptors (Lipinski definition) is 0. The smallest absolute Gasteiger partial charge is 0.170 e. The van der Waals surface area contributed by atoms with E-state index in [-0.39, 0.29) is 15.6 Å². The Balaban J connectivity index is 2.43. The molecule has 0 saturated heterocycles. The van der Waals surface area contributed by atoms with Gasteiger partial charge in [0.15, 0.2) is 0 Å². The van der Waals surface area contributed by atoms with Crippen LogP contribution in [0.3, 0.4) is 0 Å². The molecule has 0 heterocycles. The maximum Gasteiger partial charge on any atom is 0.399 e. The van der Waals surface area contributed by atoms with Crippen LogP contribution in [-0.2, 0) is 0 Å². The van der Waals surface area contributed by atoms with Crippen LogP contribution in [0.5, 0.6) is 0 Å². The predicted molar refractivity (Wildman–Crippen MR) is 97.9 cm³/mol. The molecule has 0 amide bonds. The Morgan fingerprint density at radius 2 is 1.71 bits per heavy atom. The molecule has 0 nitrogen and oxygen atoms in total. The largest absolute Gasteiger partial charge is 0.399 e. The van der Waals surface area contributed by atoms with Crippen LogP contribution in [0.1, 0.15) is 28.2 Å². The van der Waals surface area contributed by atoms with Crippen molar-refractivity contribution >= 4 is 45.2 Å². The normalized spacial score (nSPS) is 13.5. The van der Waals surface area contributed by atoms with E-state index in [0.717, 1.165) is 16.1 Å². The summed E-state index contributed by atoms with van der Waals surface area (Å²) in [6, 6.07) is 8.07. The third-order valence-corrected chi connectivity index (χ3v) is 5.37. The summed E-state index contributed by atoms with van der Waals surface area (Å²) in [5.74, 6) is -1.76. The minimum atomic E-state index is -4.43. The fraction of sp³-hybridized carbons (Fsp3) is 0.222. The molecule has 0 aromatic heterocycles. The first-order valence-electron chi connectivity index (χ1n) is 7.06. The van der Waals surface area contributed by atoms with Crippen molar-refractivity contribution in [1.29, 1.82) is 0 Å². The number of aryl methyl sites for hydroxylation is 2. The SMILES string of the molecule is Cc1ccc(/C=C/C(c2cc(C)c(Cl)c(Cl)c2)C(F)(F)F)cc1Br. The highest BCUT2D eigenvalue weighted by Crippen LogP contribution is 2.39. The molecule has 0 saturated carbocycles. The number of rotatable bonds is 3. The van der Waals surface area contributed by atoms with Crippen molar-refractivity contribution < 1.29 is 13.2 Å². The summed E-state index contributed by atoms with van der Waals surface area (Å²) in [6.07, 6.45) is -1.83. The van der Waals surface area contributed by atoms with E-state index in [0.29, 0.717) is 11.1 Å². The first-order valence-corrected chi connectivity index (χ1v) is 8.61. The van der Waals surface area contributed by atoms with Gasteiger partial charge in [0, 0.05) is 4.47 Å². The van der Waals surface area contributed by atoms with E-state index in [1.54, 1.807) is 19.1 Å². The Labute approximate surface area is 157 Å². The summed E-state index contributed by atoms with van der Waals surface area (Å²) in [5, 5.41) is 0.389. The molecule has 2 rings (SSSR count). The maximum atomic E-state index is 13.5. The van der Waals surface area contributed by atoms with E-state index in [4.69, 9.17) is 23.2 Å². The Bertz CT molecular complexity index is 759. The highest BCUT2D eigenvalue weighted by atomic mass is 79.9. The van der Waals surface area contributed by atoms with E-state index in [2.05, 4.69) is 15.9 Å². The molecule has 24 heavy (non-hydrogen) atoms. The standard InChI is InChI=1S/C18H14BrCl2F3/c1-10-3-4-12(8-15(10)19)5-6-14(18(22,23)24)13-7-11(2)17(21)16(20)9-13/h3-9,14H,1-2H3/b6-5+. The number of benzene rings is 2. The van der Waals surface area contributed by atoms with Crippen molar-refractivity contribution in [2.24, 2.45) is 0 Å². The molecule has 6 heteroatoms. The van der Waals surface area contributed by atoms with Crippen LogP contribution in [0.25, 0.3) is 6.08 Å². The first-order chi connectivity index (χ1) is 11.1. The molecule has 0 aliphatic heterocycles. The average Bonchev–Trinajstić information content (AvgIpc) is 2.47. The van der Waals surface area contributed by atoms with Gasteiger partial charge in [0.2, 0.25) is 0 Å². The molecular formula is C18H14BrCl2F3. The third kappa shape index (κ3) is 4.56. The quantitative estimate of drug-likeness (QED) is 0.460. The van der Waals surface area contributed by atoms with Gasteiger partial charge in [-0.1, -0.05) is 69.5 Å². The fourth-order valence-corrected chi connectivity index (χ4v) is 3.04. The first kappa shape index (κ1) is 19.4. The van der Waals surface area contributed by atoms with Gasteiger partial charge in [0.25, 0.3) is 0 Å². The second kappa shape index (κ2) is 7.51. The molecule has 1 unspecified atom stereocenters. The van der Waals surface area contributed by atoms with E-state index >= 15 is 0 Å². The lowest BCUT2D eigenvalue weighted by Gasteiger charge is -2.19. The molecule has 2 aromatic carbocycles. The Kier molecular flexibility index (Phi) is 6.05. The zero-order chi connectivity index (χ0) is 18.1. The monoisotopic (exact) mass is 436 g/mol. The highest BCUT2D eigenvalue weighted by Gasteiger charge is 2.39. The summed E-state index contributed by atoms with van der Waals surface area (Å²) in [7, 11) is 0. The van der Waals surface area contributed by atoms with E-state index in [1.165, 1.54) is 18.2 Å². The van der Waals surface area contributed by atoms with E-state index in [9.17, 15) is 13.2 Å². The Hall–Kier alpha value is -0.970. The third-order valence-electron chi connectivity index (χ3n) is 3.62. The average molecular weight is 438 g/mol. The fourth-order valence-electron chi connectivity index (χ4n) is 2.26. The maximum absolute atomic E-state index is 13.5. The Morgan fingerprint density at radius 1 is 1.04 bits per heavy atom. The molecule has 0 fully saturated rings. The predicted octanol–water partition coefficient (Wildman–Crippen LogP) is 7.73. The van der Waals surface area contributed by atoms with Gasteiger partial charge in [-0.2, -0.15) is 13.2 Å². The van der Waals surface area contributed by atoms with Gasteiger partial charge in [0.05, 0.1) is 16.0 Å². The van der Waals surface area contributed by atoms with Gasteiger partial charge in [-0.05, 0) is 48.2 Å². The second-order valence-corrected chi connectivity index (χ2v) is 7.16. The molecule has 0 spiro atoms. The highest BCUT2D eigenvalue weighted by molar-refractivity contribution is 9.10. The van der Waals surface area contributed by atoms with Gasteiger partial charge in [-0.3, -0.25) is 0 Å². The molecule has 0 aliphatic rings.